The van der Waals surface area contributed by atoms with E-state index in [-0.39, 0.29) is 24.5 Å². The Hall–Kier alpha value is -3.13. The minimum absolute atomic E-state index is 0.00221. The maximum Gasteiger partial charge on any atom is 0.317 e. The molecule has 1 saturated heterocycles. The van der Waals surface area contributed by atoms with E-state index >= 15 is 0 Å². The second-order valence-corrected chi connectivity index (χ2v) is 8.81. The van der Waals surface area contributed by atoms with E-state index < -0.39 is 0 Å². The van der Waals surface area contributed by atoms with Crippen molar-refractivity contribution in [3.8, 4) is 16.9 Å². The van der Waals surface area contributed by atoms with Crippen molar-refractivity contribution < 1.29 is 14.3 Å². The number of carbonyl (C=O) groups excluding carboxylic acids is 2. The Morgan fingerprint density at radius 1 is 1.16 bits per heavy atom. The molecule has 3 amide bonds. The number of ether oxygens (including phenoxy) is 1. The van der Waals surface area contributed by atoms with Crippen LogP contribution in [0.5, 0.6) is 5.75 Å². The summed E-state index contributed by atoms with van der Waals surface area (Å²) in [5.74, 6) is 0.564. The average molecular weight is 436 g/mol. The molecule has 3 aliphatic rings. The lowest BCUT2D eigenvalue weighted by Gasteiger charge is -2.40. The molecule has 0 unspecified atom stereocenters. The number of rotatable bonds is 2. The van der Waals surface area contributed by atoms with E-state index in [1.165, 1.54) is 12.8 Å². The third kappa shape index (κ3) is 4.55. The monoisotopic (exact) mass is 435 g/mol. The lowest BCUT2D eigenvalue weighted by molar-refractivity contribution is -0.118. The van der Waals surface area contributed by atoms with Crippen LogP contribution in [0, 0.1) is 0 Å². The highest BCUT2D eigenvalue weighted by atomic mass is 16.5. The van der Waals surface area contributed by atoms with Crippen LogP contribution in [-0.4, -0.2) is 71.6 Å². The van der Waals surface area contributed by atoms with Gasteiger partial charge in [0.15, 0.2) is 0 Å². The molecule has 32 heavy (non-hydrogen) atoms. The van der Waals surface area contributed by atoms with E-state index in [1.54, 1.807) is 12.4 Å². The molecule has 5 rings (SSSR count). The quantitative estimate of drug-likeness (QED) is 0.758. The Kier molecular flexibility index (Phi) is 5.94. The van der Waals surface area contributed by atoms with Crippen molar-refractivity contribution in [3.05, 3.63) is 42.7 Å². The van der Waals surface area contributed by atoms with E-state index in [2.05, 4.69) is 20.5 Å². The number of hydrogen-bond acceptors (Lipinski definition) is 5. The first-order chi connectivity index (χ1) is 15.7. The lowest BCUT2D eigenvalue weighted by Crippen LogP contribution is -2.60. The van der Waals surface area contributed by atoms with Gasteiger partial charge in [-0.2, -0.15) is 0 Å². The molecule has 8 heteroatoms. The predicted octanol–water partition coefficient (Wildman–Crippen LogP) is 2.72. The van der Waals surface area contributed by atoms with Crippen molar-refractivity contribution in [1.29, 1.82) is 0 Å². The number of fused-ring (bicyclic) bond motifs is 2. The first-order valence-corrected chi connectivity index (χ1v) is 11.4. The van der Waals surface area contributed by atoms with Crippen LogP contribution in [-0.2, 0) is 4.79 Å². The summed E-state index contributed by atoms with van der Waals surface area (Å²) in [7, 11) is 0. The molecule has 1 aromatic heterocycles. The summed E-state index contributed by atoms with van der Waals surface area (Å²) in [6.45, 7) is 2.51. The summed E-state index contributed by atoms with van der Waals surface area (Å²) in [4.78, 5) is 33.7. The zero-order chi connectivity index (χ0) is 21.9. The fourth-order valence-electron chi connectivity index (χ4n) is 4.81. The topological polar surface area (TPSA) is 86.8 Å². The van der Waals surface area contributed by atoms with Crippen molar-refractivity contribution in [3.63, 3.8) is 0 Å². The molecule has 1 saturated carbocycles. The number of anilines is 1. The second-order valence-electron chi connectivity index (χ2n) is 8.81. The minimum atomic E-state index is -0.0751. The molecule has 2 aromatic rings. The van der Waals surface area contributed by atoms with Gasteiger partial charge >= 0.3 is 6.03 Å². The highest BCUT2D eigenvalue weighted by Gasteiger charge is 2.33. The standard InChI is InChI=1S/C24H29N5O3/c30-23-15-28-10-11-29(24(31)26-19-5-1-2-6-19)14-20(28)16-32-22-8-7-17(12-21(22)27-23)18-4-3-9-25-13-18/h3-4,7-9,12-13,19-20H,1-2,5-6,10-11,14-16H2,(H,26,31)(H,27,30)/t20-/m0/s1. The third-order valence-electron chi connectivity index (χ3n) is 6.60. The van der Waals surface area contributed by atoms with Crippen LogP contribution in [0.15, 0.2) is 42.7 Å². The number of amides is 3. The minimum Gasteiger partial charge on any atom is -0.490 e. The van der Waals surface area contributed by atoms with Gasteiger partial charge in [0.05, 0.1) is 18.3 Å². The highest BCUT2D eigenvalue weighted by Crippen LogP contribution is 2.32. The van der Waals surface area contributed by atoms with Gasteiger partial charge in [0.25, 0.3) is 0 Å². The summed E-state index contributed by atoms with van der Waals surface area (Å²) in [5, 5.41) is 6.18. The van der Waals surface area contributed by atoms with Crippen molar-refractivity contribution in [2.24, 2.45) is 0 Å². The number of nitrogens with zero attached hydrogens (tertiary/aromatic N) is 3. The molecule has 1 atom stereocenters. The summed E-state index contributed by atoms with van der Waals surface area (Å²) < 4.78 is 6.15. The number of aromatic nitrogens is 1. The molecule has 168 valence electrons. The number of hydrogen-bond donors (Lipinski definition) is 2. The number of carbonyl (C=O) groups is 2. The fourth-order valence-corrected chi connectivity index (χ4v) is 4.81. The van der Waals surface area contributed by atoms with Gasteiger partial charge in [-0.15, -0.1) is 0 Å². The Morgan fingerprint density at radius 3 is 2.84 bits per heavy atom. The molecule has 2 aliphatic heterocycles. The molecular weight excluding hydrogens is 406 g/mol. The molecule has 1 aliphatic carbocycles. The Morgan fingerprint density at radius 2 is 2.03 bits per heavy atom. The largest absolute Gasteiger partial charge is 0.490 e. The van der Waals surface area contributed by atoms with Gasteiger partial charge in [0.1, 0.15) is 12.4 Å². The van der Waals surface area contributed by atoms with E-state index in [1.807, 2.05) is 35.2 Å². The number of piperazine rings is 1. The van der Waals surface area contributed by atoms with Gasteiger partial charge in [0, 0.05) is 43.6 Å². The average Bonchev–Trinajstić information content (AvgIpc) is 3.33. The van der Waals surface area contributed by atoms with Crippen LogP contribution < -0.4 is 15.4 Å². The predicted molar refractivity (Wildman–Crippen MR) is 122 cm³/mol. The van der Waals surface area contributed by atoms with Crippen LogP contribution in [0.4, 0.5) is 10.5 Å². The van der Waals surface area contributed by atoms with E-state index in [0.29, 0.717) is 43.7 Å². The molecule has 1 aromatic carbocycles. The molecule has 0 spiro atoms. The first-order valence-electron chi connectivity index (χ1n) is 11.4. The summed E-state index contributed by atoms with van der Waals surface area (Å²) >= 11 is 0. The molecular formula is C24H29N5O3. The van der Waals surface area contributed by atoms with Gasteiger partial charge in [-0.25, -0.2) is 4.79 Å². The zero-order valence-electron chi connectivity index (χ0n) is 18.1. The lowest BCUT2D eigenvalue weighted by atomic mass is 10.1. The normalized spacial score (nSPS) is 21.9. The Bertz CT molecular complexity index is 977. The van der Waals surface area contributed by atoms with Gasteiger partial charge in [-0.3, -0.25) is 14.7 Å². The smallest absolute Gasteiger partial charge is 0.317 e. The molecule has 3 heterocycles. The van der Waals surface area contributed by atoms with E-state index in [0.717, 1.165) is 24.0 Å². The van der Waals surface area contributed by atoms with Crippen LogP contribution in [0.3, 0.4) is 0 Å². The zero-order valence-corrected chi connectivity index (χ0v) is 18.1. The van der Waals surface area contributed by atoms with Crippen molar-refractivity contribution in [1.82, 2.24) is 20.1 Å². The van der Waals surface area contributed by atoms with E-state index in [4.69, 9.17) is 4.74 Å². The van der Waals surface area contributed by atoms with Gasteiger partial charge in [0.2, 0.25) is 5.91 Å². The maximum absolute atomic E-state index is 12.8. The third-order valence-corrected chi connectivity index (χ3v) is 6.60. The Balaban J connectivity index is 1.30. The Labute approximate surface area is 187 Å². The first kappa shape index (κ1) is 20.8. The second kappa shape index (κ2) is 9.16. The molecule has 2 N–H and O–H groups in total. The number of pyridine rings is 1. The summed E-state index contributed by atoms with van der Waals surface area (Å²) in [5.41, 5.74) is 2.60. The molecule has 8 nitrogen and oxygen atoms in total. The fraction of sp³-hybridized carbons (Fsp3) is 0.458. The molecule has 0 radical (unpaired) electrons. The van der Waals surface area contributed by atoms with Gasteiger partial charge in [-0.05, 0) is 36.6 Å². The molecule has 2 fully saturated rings. The number of urea groups is 1. The SMILES string of the molecule is O=C1CN2CCN(C(=O)NC3CCCC3)C[C@H]2COc2ccc(-c3cccnc3)cc2N1. The maximum atomic E-state index is 12.8. The van der Waals surface area contributed by atoms with Crippen LogP contribution >= 0.6 is 0 Å². The van der Waals surface area contributed by atoms with Crippen molar-refractivity contribution >= 4 is 17.6 Å². The summed E-state index contributed by atoms with van der Waals surface area (Å²) in [6.07, 6.45) is 8.04. The van der Waals surface area contributed by atoms with Crippen LogP contribution in [0.25, 0.3) is 11.1 Å². The summed E-state index contributed by atoms with van der Waals surface area (Å²) in [6, 6.07) is 9.92. The van der Waals surface area contributed by atoms with Crippen molar-refractivity contribution in [2.75, 3.05) is 38.1 Å². The van der Waals surface area contributed by atoms with Crippen LogP contribution in [0.1, 0.15) is 25.7 Å². The van der Waals surface area contributed by atoms with Crippen LogP contribution in [0.2, 0.25) is 0 Å². The number of nitrogens with one attached hydrogen (secondary N) is 2. The highest BCUT2D eigenvalue weighted by molar-refractivity contribution is 5.94. The van der Waals surface area contributed by atoms with Gasteiger partial charge < -0.3 is 20.3 Å². The van der Waals surface area contributed by atoms with Gasteiger partial charge in [-0.1, -0.05) is 25.0 Å². The number of benzene rings is 1. The molecule has 0 bridgehead atoms. The van der Waals surface area contributed by atoms with Crippen molar-refractivity contribution in [2.45, 2.75) is 37.8 Å². The van der Waals surface area contributed by atoms with E-state index in [9.17, 15) is 9.59 Å².